The van der Waals surface area contributed by atoms with Crippen LogP contribution in [-0.2, 0) is 16.1 Å². The molecule has 0 saturated carbocycles. The van der Waals surface area contributed by atoms with Gasteiger partial charge in [0.15, 0.2) is 5.76 Å². The molecule has 1 aliphatic heterocycles. The van der Waals surface area contributed by atoms with Gasteiger partial charge in [0.05, 0.1) is 23.2 Å². The lowest BCUT2D eigenvalue weighted by Gasteiger charge is -2.04. The van der Waals surface area contributed by atoms with Crippen molar-refractivity contribution >= 4 is 28.1 Å². The van der Waals surface area contributed by atoms with E-state index < -0.39 is 0 Å². The molecule has 0 saturated heterocycles. The summed E-state index contributed by atoms with van der Waals surface area (Å²) in [6.07, 6.45) is 4.55. The Morgan fingerprint density at radius 1 is 1.35 bits per heavy atom. The number of halogens is 1. The number of nitrogens with zero attached hydrogens (tertiary/aromatic N) is 1. The Hall–Kier alpha value is -1.42. The molecule has 4 heteroatoms. The van der Waals surface area contributed by atoms with Crippen LogP contribution in [0.4, 0.5) is 0 Å². The summed E-state index contributed by atoms with van der Waals surface area (Å²) >= 11 is 3.47. The molecule has 0 amide bonds. The first-order valence-corrected chi connectivity index (χ1v) is 7.66. The number of esters is 1. The number of carbonyl (C=O) groups excluding carboxylic acids is 1. The van der Waals surface area contributed by atoms with Crippen molar-refractivity contribution in [2.24, 2.45) is 10.9 Å². The Morgan fingerprint density at radius 3 is 2.80 bits per heavy atom. The number of carbonyl (C=O) groups is 1. The zero-order valence-corrected chi connectivity index (χ0v) is 13.1. The first kappa shape index (κ1) is 15.0. The molecule has 0 spiro atoms. The van der Waals surface area contributed by atoms with Crippen LogP contribution in [0.3, 0.4) is 0 Å². The van der Waals surface area contributed by atoms with Crippen LogP contribution in [0.5, 0.6) is 0 Å². The molecule has 0 aromatic heterocycles. The van der Waals surface area contributed by atoms with Gasteiger partial charge in [0.25, 0.3) is 0 Å². The van der Waals surface area contributed by atoms with E-state index in [1.807, 2.05) is 30.3 Å². The third-order valence-corrected chi connectivity index (χ3v) is 4.15. The number of aliphatic imine (C=N–C) groups is 1. The fraction of sp³-hybridized carbons (Fsp3) is 0.375. The van der Waals surface area contributed by atoms with Crippen LogP contribution in [0.25, 0.3) is 0 Å². The Balaban J connectivity index is 1.98. The molecule has 1 aromatic rings. The third-order valence-electron chi connectivity index (χ3n) is 3.21. The summed E-state index contributed by atoms with van der Waals surface area (Å²) in [5.74, 6) is 0.214. The van der Waals surface area contributed by atoms with Crippen molar-refractivity contribution in [2.45, 2.75) is 32.7 Å². The first-order chi connectivity index (χ1) is 9.72. The number of rotatable bonds is 6. The van der Waals surface area contributed by atoms with Crippen molar-refractivity contribution in [3.63, 3.8) is 0 Å². The number of cyclic esters (lactones) is 1. The van der Waals surface area contributed by atoms with Crippen molar-refractivity contribution in [1.82, 2.24) is 0 Å². The van der Waals surface area contributed by atoms with E-state index in [0.717, 1.165) is 29.3 Å². The maximum Gasteiger partial charge on any atom is 0.319 e. The lowest BCUT2D eigenvalue weighted by Crippen LogP contribution is -2.09. The van der Waals surface area contributed by atoms with E-state index in [1.54, 1.807) is 6.21 Å². The second kappa shape index (κ2) is 7.39. The van der Waals surface area contributed by atoms with Crippen molar-refractivity contribution < 1.29 is 9.53 Å². The highest BCUT2D eigenvalue weighted by Gasteiger charge is 2.32. The fourth-order valence-corrected chi connectivity index (χ4v) is 2.66. The largest absolute Gasteiger partial charge is 0.424 e. The van der Waals surface area contributed by atoms with Gasteiger partial charge < -0.3 is 4.74 Å². The molecule has 0 N–H and O–H groups in total. The van der Waals surface area contributed by atoms with Gasteiger partial charge in [-0.25, -0.2) is 0 Å². The molecule has 106 valence electrons. The quantitative estimate of drug-likeness (QED) is 0.576. The van der Waals surface area contributed by atoms with E-state index in [4.69, 9.17) is 4.74 Å². The zero-order valence-electron chi connectivity index (χ0n) is 11.5. The maximum absolute atomic E-state index is 11.8. The Kier molecular flexibility index (Phi) is 5.53. The molecule has 0 bridgehead atoms. The van der Waals surface area contributed by atoms with Gasteiger partial charge in [-0.15, -0.1) is 0 Å². The molecule has 1 unspecified atom stereocenters. The van der Waals surface area contributed by atoms with Gasteiger partial charge in [0, 0.05) is 0 Å². The van der Waals surface area contributed by atoms with E-state index >= 15 is 0 Å². The van der Waals surface area contributed by atoms with Crippen LogP contribution in [0.2, 0.25) is 0 Å². The molecule has 1 aliphatic rings. The monoisotopic (exact) mass is 335 g/mol. The number of ether oxygens (including phenoxy) is 1. The molecule has 1 aromatic carbocycles. The number of hydrogen-bond acceptors (Lipinski definition) is 3. The lowest BCUT2D eigenvalue weighted by molar-refractivity contribution is -0.139. The SMILES string of the molecule is CCCCC1C(=O)OC(C=NCc2ccccc2)=C1Br. The summed E-state index contributed by atoms with van der Waals surface area (Å²) in [5, 5.41) is 0. The average Bonchev–Trinajstić information content (AvgIpc) is 2.73. The van der Waals surface area contributed by atoms with Crippen LogP contribution in [0.1, 0.15) is 31.7 Å². The molecule has 0 aliphatic carbocycles. The van der Waals surface area contributed by atoms with Gasteiger partial charge in [-0.3, -0.25) is 9.79 Å². The number of benzene rings is 1. The number of unbranched alkanes of at least 4 members (excludes halogenated alkanes) is 1. The van der Waals surface area contributed by atoms with Crippen molar-refractivity contribution in [2.75, 3.05) is 0 Å². The molecule has 0 fully saturated rings. The summed E-state index contributed by atoms with van der Waals surface area (Å²) in [4.78, 5) is 16.1. The minimum Gasteiger partial charge on any atom is -0.424 e. The molecular formula is C16H18BrNO2. The molecule has 20 heavy (non-hydrogen) atoms. The second-order valence-corrected chi connectivity index (χ2v) is 5.64. The van der Waals surface area contributed by atoms with E-state index in [9.17, 15) is 4.79 Å². The Morgan fingerprint density at radius 2 is 2.10 bits per heavy atom. The highest BCUT2D eigenvalue weighted by atomic mass is 79.9. The minimum atomic E-state index is -0.175. The number of allylic oxidation sites excluding steroid dienone is 1. The molecule has 1 atom stereocenters. The molecular weight excluding hydrogens is 318 g/mol. The van der Waals surface area contributed by atoms with Gasteiger partial charge in [0.2, 0.25) is 0 Å². The lowest BCUT2D eigenvalue weighted by atomic mass is 10.0. The van der Waals surface area contributed by atoms with Gasteiger partial charge >= 0.3 is 5.97 Å². The van der Waals surface area contributed by atoms with Gasteiger partial charge in [-0.05, 0) is 12.0 Å². The summed E-state index contributed by atoms with van der Waals surface area (Å²) in [5.41, 5.74) is 1.13. The van der Waals surface area contributed by atoms with Gasteiger partial charge in [-0.1, -0.05) is 66.0 Å². The maximum atomic E-state index is 11.8. The van der Waals surface area contributed by atoms with Crippen LogP contribution < -0.4 is 0 Å². The Bertz CT molecular complexity index is 523. The van der Waals surface area contributed by atoms with Crippen molar-refractivity contribution in [3.8, 4) is 0 Å². The summed E-state index contributed by atoms with van der Waals surface area (Å²) in [7, 11) is 0. The molecule has 0 radical (unpaired) electrons. The van der Waals surface area contributed by atoms with Gasteiger partial charge in [0.1, 0.15) is 0 Å². The minimum absolute atomic E-state index is 0.159. The van der Waals surface area contributed by atoms with Crippen LogP contribution >= 0.6 is 15.9 Å². The van der Waals surface area contributed by atoms with Crippen LogP contribution in [0.15, 0.2) is 45.6 Å². The zero-order chi connectivity index (χ0) is 14.4. The Labute approximate surface area is 127 Å². The van der Waals surface area contributed by atoms with Crippen LogP contribution in [0, 0.1) is 5.92 Å². The normalized spacial score (nSPS) is 18.9. The summed E-state index contributed by atoms with van der Waals surface area (Å²) < 4.78 is 6.09. The van der Waals surface area contributed by atoms with Crippen molar-refractivity contribution in [3.05, 3.63) is 46.1 Å². The molecule has 3 nitrogen and oxygen atoms in total. The fourth-order valence-electron chi connectivity index (χ4n) is 2.06. The van der Waals surface area contributed by atoms with Crippen LogP contribution in [-0.4, -0.2) is 12.2 Å². The molecule has 2 rings (SSSR count). The van der Waals surface area contributed by atoms with Gasteiger partial charge in [-0.2, -0.15) is 0 Å². The van der Waals surface area contributed by atoms with Crippen molar-refractivity contribution in [1.29, 1.82) is 0 Å². The second-order valence-electron chi connectivity index (χ2n) is 4.78. The van der Waals surface area contributed by atoms with E-state index in [1.165, 1.54) is 0 Å². The predicted octanol–water partition coefficient (Wildman–Crippen LogP) is 4.23. The summed E-state index contributed by atoms with van der Waals surface area (Å²) in [6.45, 7) is 2.70. The smallest absolute Gasteiger partial charge is 0.319 e. The standard InChI is InChI=1S/C16H18BrNO2/c1-2-3-9-13-15(17)14(20-16(13)19)11-18-10-12-7-5-4-6-8-12/h4-8,11,13H,2-3,9-10H2,1H3. The predicted molar refractivity (Wildman–Crippen MR) is 83.7 cm³/mol. The third kappa shape index (κ3) is 3.79. The highest BCUT2D eigenvalue weighted by Crippen LogP contribution is 2.34. The highest BCUT2D eigenvalue weighted by molar-refractivity contribution is 9.11. The topological polar surface area (TPSA) is 38.7 Å². The average molecular weight is 336 g/mol. The van der Waals surface area contributed by atoms with E-state index in [-0.39, 0.29) is 11.9 Å². The van der Waals surface area contributed by atoms with E-state index in [2.05, 4.69) is 27.8 Å². The summed E-state index contributed by atoms with van der Waals surface area (Å²) in [6, 6.07) is 9.98. The van der Waals surface area contributed by atoms with E-state index in [0.29, 0.717) is 12.3 Å². The number of hydrogen-bond donors (Lipinski definition) is 0. The molecule has 1 heterocycles. The first-order valence-electron chi connectivity index (χ1n) is 6.87.